The van der Waals surface area contributed by atoms with Crippen molar-refractivity contribution >= 4 is 43.6 Å². The van der Waals surface area contributed by atoms with Crippen molar-refractivity contribution in [1.29, 1.82) is 10.5 Å². The maximum absolute atomic E-state index is 10.8. The van der Waals surface area contributed by atoms with E-state index in [1.807, 2.05) is 25.1 Å². The minimum atomic E-state index is 0.559. The molecule has 2 heterocycles. The molecule has 0 bridgehead atoms. The summed E-state index contributed by atoms with van der Waals surface area (Å²) in [6.45, 7) is 10.5. The highest BCUT2D eigenvalue weighted by Crippen LogP contribution is 2.42. The summed E-state index contributed by atoms with van der Waals surface area (Å²) in [5, 5.41) is 25.9. The molecular formula is C43H32N4. The van der Waals surface area contributed by atoms with Gasteiger partial charge in [0.1, 0.15) is 6.07 Å². The number of hydrogen-bond donors (Lipinski definition) is 0. The van der Waals surface area contributed by atoms with Gasteiger partial charge in [-0.1, -0.05) is 58.7 Å². The Bertz CT molecular complexity index is 2580. The van der Waals surface area contributed by atoms with Crippen LogP contribution in [0.25, 0.3) is 66.1 Å². The summed E-state index contributed by atoms with van der Waals surface area (Å²) < 4.78 is 4.48. The third-order valence-corrected chi connectivity index (χ3v) is 9.45. The second-order valence-electron chi connectivity index (χ2n) is 12.9. The van der Waals surface area contributed by atoms with Gasteiger partial charge in [0.25, 0.3) is 0 Å². The van der Waals surface area contributed by atoms with Crippen LogP contribution in [0.4, 0.5) is 0 Å². The van der Waals surface area contributed by atoms with Crippen LogP contribution < -0.4 is 0 Å². The summed E-state index contributed by atoms with van der Waals surface area (Å²) in [5.74, 6) is 0. The van der Waals surface area contributed by atoms with Gasteiger partial charge in [0.05, 0.1) is 50.6 Å². The summed E-state index contributed by atoms with van der Waals surface area (Å²) in [5.41, 5.74) is 14.5. The van der Waals surface area contributed by atoms with Crippen molar-refractivity contribution in [2.75, 3.05) is 0 Å². The van der Waals surface area contributed by atoms with Crippen molar-refractivity contribution in [2.45, 2.75) is 34.6 Å². The van der Waals surface area contributed by atoms with E-state index in [-0.39, 0.29) is 0 Å². The molecule has 0 aliphatic heterocycles. The second kappa shape index (κ2) is 10.5. The predicted molar refractivity (Wildman–Crippen MR) is 194 cm³/mol. The fourth-order valence-electron chi connectivity index (χ4n) is 7.26. The number of rotatable bonds is 3. The number of nitriles is 2. The van der Waals surface area contributed by atoms with Gasteiger partial charge in [-0.3, -0.25) is 0 Å². The van der Waals surface area contributed by atoms with E-state index in [1.165, 1.54) is 22.3 Å². The van der Waals surface area contributed by atoms with Crippen molar-refractivity contribution in [3.63, 3.8) is 0 Å². The molecule has 0 aliphatic rings. The van der Waals surface area contributed by atoms with Crippen molar-refractivity contribution in [3.05, 3.63) is 142 Å². The fraction of sp³-hybridized carbons (Fsp3) is 0.116. The lowest BCUT2D eigenvalue weighted by Gasteiger charge is -2.19. The number of benzene rings is 6. The van der Waals surface area contributed by atoms with Gasteiger partial charge in [-0.15, -0.1) is 0 Å². The number of fused-ring (bicyclic) bond motifs is 6. The molecule has 8 rings (SSSR count). The zero-order valence-electron chi connectivity index (χ0n) is 27.1. The molecular weight excluding hydrogens is 573 g/mol. The van der Waals surface area contributed by atoms with E-state index in [2.05, 4.69) is 134 Å². The Kier molecular flexibility index (Phi) is 6.33. The number of hydrogen-bond acceptors (Lipinski definition) is 2. The molecule has 0 fully saturated rings. The van der Waals surface area contributed by atoms with E-state index in [1.54, 1.807) is 0 Å². The van der Waals surface area contributed by atoms with E-state index < -0.39 is 0 Å². The summed E-state index contributed by atoms with van der Waals surface area (Å²) in [6, 6.07) is 41.3. The Morgan fingerprint density at radius 2 is 0.766 bits per heavy atom. The Labute approximate surface area is 274 Å². The lowest BCUT2D eigenvalue weighted by Crippen LogP contribution is -2.04. The van der Waals surface area contributed by atoms with E-state index >= 15 is 0 Å². The van der Waals surface area contributed by atoms with Gasteiger partial charge >= 0.3 is 0 Å². The molecule has 0 unspecified atom stereocenters. The zero-order chi connectivity index (χ0) is 32.6. The van der Waals surface area contributed by atoms with Gasteiger partial charge in [0.15, 0.2) is 0 Å². The van der Waals surface area contributed by atoms with Gasteiger partial charge in [-0.05, 0) is 107 Å². The van der Waals surface area contributed by atoms with E-state index in [0.29, 0.717) is 11.1 Å². The van der Waals surface area contributed by atoms with Crippen LogP contribution >= 0.6 is 0 Å². The Morgan fingerprint density at radius 3 is 1.19 bits per heavy atom. The predicted octanol–water partition coefficient (Wildman–Crippen LogP) is 10.8. The Morgan fingerprint density at radius 1 is 0.383 bits per heavy atom. The van der Waals surface area contributed by atoms with Crippen molar-refractivity contribution < 1.29 is 0 Å². The van der Waals surface area contributed by atoms with Crippen LogP contribution in [-0.2, 0) is 0 Å². The standard InChI is InChI=1S/C43H32N4/c1-25-6-11-32(30(16-25)23-44)37-22-42(46-38-12-7-26(2)17-33(38)34-18-27(3)8-13-39(34)46)31(24-45)21-43(37)47-40-14-9-28(4)19-35(40)36-20-29(5)10-15-41(36)47/h6-22H,1-5H3. The zero-order valence-corrected chi connectivity index (χ0v) is 27.1. The summed E-state index contributed by atoms with van der Waals surface area (Å²) >= 11 is 0. The molecule has 0 amide bonds. The quantitative estimate of drug-likeness (QED) is 0.201. The number of aryl methyl sites for hydroxylation is 5. The van der Waals surface area contributed by atoms with Gasteiger partial charge < -0.3 is 9.13 Å². The average molecular weight is 605 g/mol. The Balaban J connectivity index is 1.56. The van der Waals surface area contributed by atoms with Crippen LogP contribution in [0, 0.1) is 57.3 Å². The molecule has 2 aromatic heterocycles. The molecule has 6 aromatic carbocycles. The number of aromatic nitrogens is 2. The number of nitrogens with zero attached hydrogens (tertiary/aromatic N) is 4. The van der Waals surface area contributed by atoms with Crippen LogP contribution in [0.1, 0.15) is 38.9 Å². The third kappa shape index (κ3) is 4.34. The van der Waals surface area contributed by atoms with Gasteiger partial charge in [-0.25, -0.2) is 0 Å². The largest absolute Gasteiger partial charge is 0.309 e. The maximum Gasteiger partial charge on any atom is 0.101 e. The van der Waals surface area contributed by atoms with Crippen LogP contribution in [0.2, 0.25) is 0 Å². The minimum Gasteiger partial charge on any atom is -0.309 e. The normalized spacial score (nSPS) is 11.5. The first-order valence-corrected chi connectivity index (χ1v) is 15.9. The molecule has 224 valence electrons. The first kappa shape index (κ1) is 28.4. The minimum absolute atomic E-state index is 0.559. The van der Waals surface area contributed by atoms with Crippen LogP contribution in [0.3, 0.4) is 0 Å². The lowest BCUT2D eigenvalue weighted by atomic mass is 9.94. The third-order valence-electron chi connectivity index (χ3n) is 9.45. The SMILES string of the molecule is Cc1ccc(-c2cc(-n3c4ccc(C)cc4c4cc(C)ccc43)c(C#N)cc2-n2c3ccc(C)cc3c3cc(C)ccc32)c(C#N)c1. The monoisotopic (exact) mass is 604 g/mol. The van der Waals surface area contributed by atoms with Crippen LogP contribution in [0.5, 0.6) is 0 Å². The molecule has 0 atom stereocenters. The smallest absolute Gasteiger partial charge is 0.101 e. The summed E-state index contributed by atoms with van der Waals surface area (Å²) in [4.78, 5) is 0. The lowest BCUT2D eigenvalue weighted by molar-refractivity contribution is 1.13. The van der Waals surface area contributed by atoms with Gasteiger partial charge in [-0.2, -0.15) is 10.5 Å². The van der Waals surface area contributed by atoms with Gasteiger partial charge in [0, 0.05) is 32.7 Å². The molecule has 0 saturated carbocycles. The van der Waals surface area contributed by atoms with Crippen LogP contribution in [-0.4, -0.2) is 9.13 Å². The molecule has 0 spiro atoms. The van der Waals surface area contributed by atoms with Crippen LogP contribution in [0.15, 0.2) is 103 Å². The molecule has 4 nitrogen and oxygen atoms in total. The van der Waals surface area contributed by atoms with E-state index in [0.717, 1.165) is 71.7 Å². The summed E-state index contributed by atoms with van der Waals surface area (Å²) in [7, 11) is 0. The van der Waals surface area contributed by atoms with E-state index in [9.17, 15) is 10.5 Å². The second-order valence-corrected chi connectivity index (χ2v) is 12.9. The van der Waals surface area contributed by atoms with E-state index in [4.69, 9.17) is 0 Å². The average Bonchev–Trinajstić information content (AvgIpc) is 3.55. The molecule has 0 N–H and O–H groups in total. The molecule has 47 heavy (non-hydrogen) atoms. The molecule has 0 radical (unpaired) electrons. The highest BCUT2D eigenvalue weighted by atomic mass is 15.0. The Hall–Kier alpha value is -6.10. The highest BCUT2D eigenvalue weighted by Gasteiger charge is 2.23. The molecule has 0 saturated heterocycles. The highest BCUT2D eigenvalue weighted by molar-refractivity contribution is 6.11. The maximum atomic E-state index is 10.8. The first-order valence-electron chi connectivity index (χ1n) is 15.9. The molecule has 4 heteroatoms. The molecule has 0 aliphatic carbocycles. The fourth-order valence-corrected chi connectivity index (χ4v) is 7.26. The van der Waals surface area contributed by atoms with Crippen molar-refractivity contribution in [2.24, 2.45) is 0 Å². The van der Waals surface area contributed by atoms with Crippen molar-refractivity contribution in [1.82, 2.24) is 9.13 Å². The molecule has 8 aromatic rings. The summed E-state index contributed by atoms with van der Waals surface area (Å²) in [6.07, 6.45) is 0. The first-order chi connectivity index (χ1) is 22.7. The topological polar surface area (TPSA) is 57.4 Å². The van der Waals surface area contributed by atoms with Gasteiger partial charge in [0.2, 0.25) is 0 Å². The van der Waals surface area contributed by atoms with Crippen molar-refractivity contribution in [3.8, 4) is 34.6 Å².